The number of ether oxygens (including phenoxy) is 2. The maximum Gasteiger partial charge on any atom is 0.233 e. The Bertz CT molecular complexity index is 639. The minimum atomic E-state index is -0.771. The average molecular weight is 367 g/mol. The van der Waals surface area contributed by atoms with E-state index in [1.807, 2.05) is 22.7 Å². The van der Waals surface area contributed by atoms with Crippen LogP contribution in [0.15, 0.2) is 17.6 Å². The van der Waals surface area contributed by atoms with Crippen LogP contribution >= 0.6 is 11.8 Å². The number of hydrogen-bond acceptors (Lipinski definition) is 6. The van der Waals surface area contributed by atoms with Crippen LogP contribution in [-0.4, -0.2) is 75.8 Å². The Labute approximate surface area is 151 Å². The van der Waals surface area contributed by atoms with E-state index in [-0.39, 0.29) is 23.8 Å². The highest BCUT2D eigenvalue weighted by Crippen LogP contribution is 2.44. The molecule has 8 heteroatoms. The third-order valence-corrected chi connectivity index (χ3v) is 6.92. The monoisotopic (exact) mass is 367 g/mol. The van der Waals surface area contributed by atoms with Crippen LogP contribution in [0.5, 0.6) is 0 Å². The first kappa shape index (κ1) is 17.3. The number of rotatable bonds is 3. The summed E-state index contributed by atoms with van der Waals surface area (Å²) in [6.07, 6.45) is 5.04. The van der Waals surface area contributed by atoms with Crippen LogP contribution in [0.4, 0.5) is 0 Å². The molecule has 25 heavy (non-hydrogen) atoms. The van der Waals surface area contributed by atoms with E-state index in [9.17, 15) is 9.90 Å². The highest BCUT2D eigenvalue weighted by molar-refractivity contribution is 7.99. The van der Waals surface area contributed by atoms with E-state index in [2.05, 4.69) is 4.98 Å². The highest BCUT2D eigenvalue weighted by atomic mass is 32.2. The smallest absolute Gasteiger partial charge is 0.233 e. The summed E-state index contributed by atoms with van der Waals surface area (Å²) in [5.41, 5.74) is -0.771. The van der Waals surface area contributed by atoms with Gasteiger partial charge in [0.2, 0.25) is 5.91 Å². The van der Waals surface area contributed by atoms with Gasteiger partial charge in [-0.05, 0) is 6.42 Å². The molecule has 0 bridgehead atoms. The van der Waals surface area contributed by atoms with Gasteiger partial charge in [0.1, 0.15) is 0 Å². The normalized spacial score (nSPS) is 35.1. The lowest BCUT2D eigenvalue weighted by atomic mass is 9.66. The Morgan fingerprint density at radius 1 is 1.44 bits per heavy atom. The van der Waals surface area contributed by atoms with Gasteiger partial charge in [-0.3, -0.25) is 4.79 Å². The zero-order valence-corrected chi connectivity index (χ0v) is 15.3. The van der Waals surface area contributed by atoms with Gasteiger partial charge in [0, 0.05) is 63.5 Å². The number of hydrogen-bond donors (Lipinski definition) is 1. The molecule has 1 aromatic rings. The van der Waals surface area contributed by atoms with Crippen LogP contribution in [0.25, 0.3) is 0 Å². The summed E-state index contributed by atoms with van der Waals surface area (Å²) >= 11 is 1.46. The fourth-order valence-electron chi connectivity index (χ4n) is 4.45. The van der Waals surface area contributed by atoms with Crippen molar-refractivity contribution in [2.45, 2.75) is 29.6 Å². The van der Waals surface area contributed by atoms with Gasteiger partial charge < -0.3 is 24.0 Å². The maximum atomic E-state index is 12.9. The first-order valence-electron chi connectivity index (χ1n) is 8.87. The predicted molar refractivity (Wildman–Crippen MR) is 92.2 cm³/mol. The minimum Gasteiger partial charge on any atom is -0.389 e. The second kappa shape index (κ2) is 6.90. The number of carbonyl (C=O) groups is 1. The molecular weight excluding hydrogens is 342 g/mol. The van der Waals surface area contributed by atoms with Crippen LogP contribution < -0.4 is 0 Å². The summed E-state index contributed by atoms with van der Waals surface area (Å²) in [4.78, 5) is 19.2. The van der Waals surface area contributed by atoms with Gasteiger partial charge in [0.05, 0.1) is 24.6 Å². The molecule has 3 aliphatic heterocycles. The third-order valence-electron chi connectivity index (χ3n) is 5.87. The zero-order chi connectivity index (χ0) is 17.4. The second-order valence-corrected chi connectivity index (χ2v) is 8.15. The number of fused-ring (bicyclic) bond motifs is 3. The van der Waals surface area contributed by atoms with Crippen molar-refractivity contribution in [2.75, 3.05) is 38.7 Å². The van der Waals surface area contributed by atoms with Crippen molar-refractivity contribution < 1.29 is 19.4 Å². The molecule has 0 unspecified atom stereocenters. The molecule has 4 rings (SSSR count). The molecule has 1 aromatic heterocycles. The van der Waals surface area contributed by atoms with Gasteiger partial charge in [-0.15, -0.1) is 0 Å². The number of nitrogens with zero attached hydrogens (tertiary/aromatic N) is 3. The molecule has 0 radical (unpaired) electrons. The van der Waals surface area contributed by atoms with Crippen LogP contribution in [-0.2, 0) is 21.3 Å². The van der Waals surface area contributed by atoms with Gasteiger partial charge in [-0.2, -0.15) is 0 Å². The summed E-state index contributed by atoms with van der Waals surface area (Å²) in [7, 11) is 1.93. The first-order chi connectivity index (χ1) is 12.1. The quantitative estimate of drug-likeness (QED) is 0.786. The van der Waals surface area contributed by atoms with E-state index in [1.54, 1.807) is 6.20 Å². The number of carbonyl (C=O) groups excluding carboxylic acids is 1. The number of aromatic nitrogens is 2. The van der Waals surface area contributed by atoms with Gasteiger partial charge in [-0.25, -0.2) is 4.98 Å². The second-order valence-electron chi connectivity index (χ2n) is 7.21. The topological polar surface area (TPSA) is 76.8 Å². The summed E-state index contributed by atoms with van der Waals surface area (Å²) in [6, 6.07) is 0.0579. The van der Waals surface area contributed by atoms with Gasteiger partial charge >= 0.3 is 0 Å². The van der Waals surface area contributed by atoms with Crippen LogP contribution in [0, 0.1) is 11.8 Å². The van der Waals surface area contributed by atoms with Gasteiger partial charge in [0.15, 0.2) is 5.16 Å². The predicted octanol–water partition coefficient (Wildman–Crippen LogP) is 0.527. The molecule has 0 saturated carbocycles. The van der Waals surface area contributed by atoms with Crippen molar-refractivity contribution in [3.05, 3.63) is 12.4 Å². The Hall–Kier alpha value is -1.09. The average Bonchev–Trinajstić information content (AvgIpc) is 3.04. The summed E-state index contributed by atoms with van der Waals surface area (Å²) in [6.45, 7) is 2.83. The highest BCUT2D eigenvalue weighted by Gasteiger charge is 2.56. The summed E-state index contributed by atoms with van der Waals surface area (Å²) < 4.78 is 13.2. The molecule has 4 heterocycles. The molecule has 4 atom stereocenters. The lowest BCUT2D eigenvalue weighted by molar-refractivity contribution is -0.218. The zero-order valence-electron chi connectivity index (χ0n) is 14.5. The standard InChI is InChI=1S/C17H25N3O4S/c1-19-5-4-18-16(19)25-11-15(21)20-8-12-9-24-7-3-17(12,22)13-10-23-6-2-14(13)20/h4-5,12-14,22H,2-3,6-11H2,1H3/t12-,13+,14-,17-/m0/s1. The molecule has 0 spiro atoms. The number of thioether (sulfide) groups is 1. The number of aryl methyl sites for hydroxylation is 1. The fraction of sp³-hybridized carbons (Fsp3) is 0.765. The minimum absolute atomic E-state index is 0.0222. The molecule has 1 amide bonds. The molecule has 3 saturated heterocycles. The Balaban J connectivity index is 1.50. The number of likely N-dealkylation sites (tertiary alicyclic amines) is 1. The van der Waals surface area contributed by atoms with E-state index in [0.717, 1.165) is 11.6 Å². The lowest BCUT2D eigenvalue weighted by Crippen LogP contribution is -2.69. The van der Waals surface area contributed by atoms with Crippen molar-refractivity contribution in [2.24, 2.45) is 18.9 Å². The number of imidazole rings is 1. The van der Waals surface area contributed by atoms with Crippen molar-refractivity contribution in [1.82, 2.24) is 14.5 Å². The summed E-state index contributed by atoms with van der Waals surface area (Å²) in [5, 5.41) is 12.1. The summed E-state index contributed by atoms with van der Waals surface area (Å²) in [5.74, 6) is 0.413. The molecule has 0 aliphatic carbocycles. The molecular formula is C17H25N3O4S. The maximum absolute atomic E-state index is 12.9. The third kappa shape index (κ3) is 3.09. The largest absolute Gasteiger partial charge is 0.389 e. The number of amides is 1. The fourth-order valence-corrected chi connectivity index (χ4v) is 5.26. The molecule has 3 fully saturated rings. The molecule has 0 aromatic carbocycles. The molecule has 138 valence electrons. The Morgan fingerprint density at radius 3 is 3.08 bits per heavy atom. The van der Waals surface area contributed by atoms with E-state index < -0.39 is 5.60 Å². The lowest BCUT2D eigenvalue weighted by Gasteiger charge is -2.57. The first-order valence-corrected chi connectivity index (χ1v) is 9.85. The van der Waals surface area contributed by atoms with Crippen LogP contribution in [0.3, 0.4) is 0 Å². The Morgan fingerprint density at radius 2 is 2.28 bits per heavy atom. The van der Waals surface area contributed by atoms with E-state index >= 15 is 0 Å². The van der Waals surface area contributed by atoms with Gasteiger partial charge in [0.25, 0.3) is 0 Å². The number of piperidine rings is 1. The van der Waals surface area contributed by atoms with E-state index in [0.29, 0.717) is 45.1 Å². The SMILES string of the molecule is Cn1ccnc1SCC(=O)N1C[C@H]2COCC[C@@]2(O)[C@@H]2COCC[C@@H]21. The van der Waals surface area contributed by atoms with Gasteiger partial charge in [-0.1, -0.05) is 11.8 Å². The van der Waals surface area contributed by atoms with Crippen molar-refractivity contribution in [1.29, 1.82) is 0 Å². The van der Waals surface area contributed by atoms with Crippen LogP contribution in [0.1, 0.15) is 12.8 Å². The van der Waals surface area contributed by atoms with Crippen molar-refractivity contribution in [3.63, 3.8) is 0 Å². The number of aliphatic hydroxyl groups is 1. The molecule has 7 nitrogen and oxygen atoms in total. The van der Waals surface area contributed by atoms with Crippen molar-refractivity contribution >= 4 is 17.7 Å². The van der Waals surface area contributed by atoms with Crippen LogP contribution in [0.2, 0.25) is 0 Å². The van der Waals surface area contributed by atoms with E-state index in [1.165, 1.54) is 11.8 Å². The molecule has 3 aliphatic rings. The van der Waals surface area contributed by atoms with E-state index in [4.69, 9.17) is 9.47 Å². The Kier molecular flexibility index (Phi) is 4.79. The van der Waals surface area contributed by atoms with Crippen molar-refractivity contribution in [3.8, 4) is 0 Å². The molecule has 1 N–H and O–H groups in total.